The van der Waals surface area contributed by atoms with Crippen LogP contribution in [-0.2, 0) is 6.42 Å². The molecule has 0 aliphatic carbocycles. The number of ether oxygens (including phenoxy) is 1. The van der Waals surface area contributed by atoms with E-state index in [4.69, 9.17) is 4.74 Å². The van der Waals surface area contributed by atoms with Crippen LogP contribution in [0.15, 0.2) is 54.7 Å². The van der Waals surface area contributed by atoms with E-state index in [1.54, 1.807) is 44.2 Å². The smallest absolute Gasteiger partial charge is 0.294 e. The molecule has 0 unspecified atom stereocenters. The minimum Gasteiger partial charge on any atom is -0.494 e. The number of aliphatic hydroxyl groups is 1. The predicted octanol–water partition coefficient (Wildman–Crippen LogP) is 5.23. The Kier molecular flexibility index (Phi) is 8.11. The molecule has 0 fully saturated rings. The number of H-pyrrole nitrogens is 1. The number of carbonyl (C=O) groups excluding carboxylic acids is 1. The van der Waals surface area contributed by atoms with Crippen molar-refractivity contribution in [1.82, 2.24) is 20.2 Å². The van der Waals surface area contributed by atoms with Gasteiger partial charge in [-0.2, -0.15) is 0 Å². The Morgan fingerprint density at radius 1 is 1.08 bits per heavy atom. The molecule has 4 rings (SSSR count). The molecule has 2 aromatic heterocycles. The Labute approximate surface area is 219 Å². The number of aromatic nitrogens is 4. The van der Waals surface area contributed by atoms with Gasteiger partial charge in [-0.15, -0.1) is 10.2 Å². The van der Waals surface area contributed by atoms with E-state index in [1.807, 2.05) is 13.0 Å². The molecular formula is C28H29F2N5O3. The highest BCUT2D eigenvalue weighted by Crippen LogP contribution is 2.31. The van der Waals surface area contributed by atoms with Gasteiger partial charge in [0.2, 0.25) is 5.82 Å². The highest BCUT2D eigenvalue weighted by Gasteiger charge is 2.17. The van der Waals surface area contributed by atoms with Gasteiger partial charge in [0, 0.05) is 12.0 Å². The van der Waals surface area contributed by atoms with Crippen molar-refractivity contribution in [3.05, 3.63) is 89.1 Å². The maximum Gasteiger partial charge on any atom is 0.294 e. The average molecular weight is 522 g/mol. The highest BCUT2D eigenvalue weighted by atomic mass is 19.1. The quantitative estimate of drug-likeness (QED) is 0.247. The Balaban J connectivity index is 1.46. The summed E-state index contributed by atoms with van der Waals surface area (Å²) in [6, 6.07) is 13.1. The maximum absolute atomic E-state index is 14.8. The van der Waals surface area contributed by atoms with Crippen LogP contribution in [0, 0.1) is 18.6 Å². The summed E-state index contributed by atoms with van der Waals surface area (Å²) >= 11 is 0. The van der Waals surface area contributed by atoms with Crippen molar-refractivity contribution >= 4 is 11.7 Å². The number of rotatable bonds is 10. The minimum absolute atomic E-state index is 0.0818. The topological polar surface area (TPSA) is 113 Å². The summed E-state index contributed by atoms with van der Waals surface area (Å²) in [7, 11) is 0. The number of aromatic amines is 1. The lowest BCUT2D eigenvalue weighted by molar-refractivity contribution is 0.0641. The third-order valence-corrected chi connectivity index (χ3v) is 5.86. The number of hydrogen-bond donors (Lipinski definition) is 3. The summed E-state index contributed by atoms with van der Waals surface area (Å²) in [5, 5.41) is 20.2. The lowest BCUT2D eigenvalue weighted by Gasteiger charge is -2.17. The van der Waals surface area contributed by atoms with Crippen LogP contribution in [0.25, 0.3) is 11.1 Å². The molecule has 0 aliphatic rings. The van der Waals surface area contributed by atoms with Gasteiger partial charge in [0.1, 0.15) is 29.0 Å². The molecule has 0 saturated carbocycles. The first-order valence-electron chi connectivity index (χ1n) is 12.2. The standard InChI is InChI=1S/C28H29F2N5O3/c1-17-9-10-19(38-12-6-11-28(2,3)37)14-20(17)21-15-24(31-16-23(21)30)33-27(36)26-32-25(34-35-26)13-18-7-4-5-8-22(18)29/h4-5,7-10,14-16,37H,6,11-13H2,1-3H3,(H,31,33,36)(H,32,34,35). The van der Waals surface area contributed by atoms with E-state index in [2.05, 4.69) is 25.5 Å². The molecule has 38 heavy (non-hydrogen) atoms. The second-order valence-electron chi connectivity index (χ2n) is 9.63. The molecule has 10 heteroatoms. The minimum atomic E-state index is -0.768. The molecule has 198 valence electrons. The van der Waals surface area contributed by atoms with Crippen LogP contribution in [0.3, 0.4) is 0 Å². The van der Waals surface area contributed by atoms with E-state index in [-0.39, 0.29) is 29.4 Å². The van der Waals surface area contributed by atoms with E-state index in [9.17, 15) is 18.7 Å². The zero-order valence-electron chi connectivity index (χ0n) is 21.4. The summed E-state index contributed by atoms with van der Waals surface area (Å²) in [5.41, 5.74) is 1.29. The number of hydrogen-bond acceptors (Lipinski definition) is 6. The van der Waals surface area contributed by atoms with Crippen molar-refractivity contribution in [3.8, 4) is 16.9 Å². The Morgan fingerprint density at radius 3 is 2.63 bits per heavy atom. The summed E-state index contributed by atoms with van der Waals surface area (Å²) in [5.74, 6) is -0.636. The van der Waals surface area contributed by atoms with E-state index in [1.165, 1.54) is 12.1 Å². The molecular weight excluding hydrogens is 492 g/mol. The van der Waals surface area contributed by atoms with Crippen molar-refractivity contribution < 1.29 is 23.4 Å². The van der Waals surface area contributed by atoms with Crippen molar-refractivity contribution in [3.63, 3.8) is 0 Å². The first kappa shape index (κ1) is 26.9. The fraction of sp³-hybridized carbons (Fsp3) is 0.286. The summed E-state index contributed by atoms with van der Waals surface area (Å²) in [4.78, 5) is 19.5. The van der Waals surface area contributed by atoms with E-state index in [0.717, 1.165) is 11.8 Å². The van der Waals surface area contributed by atoms with Crippen molar-refractivity contribution in [2.24, 2.45) is 0 Å². The van der Waals surface area contributed by atoms with Gasteiger partial charge in [0.05, 0.1) is 18.4 Å². The normalized spacial score (nSPS) is 11.4. The van der Waals surface area contributed by atoms with Crippen LogP contribution >= 0.6 is 0 Å². The number of nitrogens with zero attached hydrogens (tertiary/aromatic N) is 3. The molecule has 4 aromatic rings. The molecule has 1 amide bonds. The zero-order chi connectivity index (χ0) is 27.3. The van der Waals surface area contributed by atoms with Gasteiger partial charge in [-0.3, -0.25) is 4.79 Å². The van der Waals surface area contributed by atoms with E-state index in [0.29, 0.717) is 42.1 Å². The van der Waals surface area contributed by atoms with Gasteiger partial charge in [0.25, 0.3) is 5.91 Å². The van der Waals surface area contributed by atoms with Crippen LogP contribution in [-0.4, -0.2) is 43.4 Å². The monoisotopic (exact) mass is 521 g/mol. The van der Waals surface area contributed by atoms with Crippen molar-refractivity contribution in [2.75, 3.05) is 11.9 Å². The third-order valence-electron chi connectivity index (χ3n) is 5.86. The van der Waals surface area contributed by atoms with Crippen molar-refractivity contribution in [2.45, 2.75) is 45.6 Å². The van der Waals surface area contributed by atoms with Gasteiger partial charge in [-0.25, -0.2) is 13.8 Å². The first-order chi connectivity index (χ1) is 18.1. The summed E-state index contributed by atoms with van der Waals surface area (Å²) < 4.78 is 34.5. The zero-order valence-corrected chi connectivity index (χ0v) is 21.4. The van der Waals surface area contributed by atoms with Gasteiger partial charge >= 0.3 is 0 Å². The molecule has 0 bridgehead atoms. The van der Waals surface area contributed by atoms with Crippen LogP contribution in [0.5, 0.6) is 5.75 Å². The molecule has 8 nitrogen and oxygen atoms in total. The molecule has 0 radical (unpaired) electrons. The molecule has 0 atom stereocenters. The molecule has 0 spiro atoms. The number of amides is 1. The molecule has 0 aliphatic heterocycles. The summed E-state index contributed by atoms with van der Waals surface area (Å²) in [6.07, 6.45) is 2.42. The first-order valence-corrected chi connectivity index (χ1v) is 12.2. The van der Waals surface area contributed by atoms with Crippen LogP contribution in [0.2, 0.25) is 0 Å². The Morgan fingerprint density at radius 2 is 1.87 bits per heavy atom. The molecule has 0 saturated heterocycles. The number of halogens is 2. The lowest BCUT2D eigenvalue weighted by atomic mass is 10.0. The van der Waals surface area contributed by atoms with Gasteiger partial charge in [-0.05, 0) is 74.6 Å². The van der Waals surface area contributed by atoms with Crippen LogP contribution < -0.4 is 10.1 Å². The fourth-order valence-corrected chi connectivity index (χ4v) is 3.87. The Bertz CT molecular complexity index is 1430. The molecule has 3 N–H and O–H groups in total. The van der Waals surface area contributed by atoms with Gasteiger partial charge in [-0.1, -0.05) is 24.3 Å². The predicted molar refractivity (Wildman–Crippen MR) is 139 cm³/mol. The molecule has 2 aromatic carbocycles. The number of benzene rings is 2. The van der Waals surface area contributed by atoms with Crippen molar-refractivity contribution in [1.29, 1.82) is 0 Å². The highest BCUT2D eigenvalue weighted by molar-refractivity contribution is 6.01. The van der Waals surface area contributed by atoms with Crippen LogP contribution in [0.1, 0.15) is 54.3 Å². The summed E-state index contributed by atoms with van der Waals surface area (Å²) in [6.45, 7) is 5.74. The second kappa shape index (κ2) is 11.5. The second-order valence-corrected chi connectivity index (χ2v) is 9.63. The number of nitrogens with one attached hydrogen (secondary N) is 2. The van der Waals surface area contributed by atoms with Gasteiger partial charge < -0.3 is 20.1 Å². The van der Waals surface area contributed by atoms with E-state index >= 15 is 0 Å². The van der Waals surface area contributed by atoms with Gasteiger partial charge in [0.15, 0.2) is 0 Å². The average Bonchev–Trinajstić information content (AvgIpc) is 3.34. The number of carbonyl (C=O) groups is 1. The Hall–Kier alpha value is -4.18. The maximum atomic E-state index is 14.8. The lowest BCUT2D eigenvalue weighted by Crippen LogP contribution is -2.19. The number of anilines is 1. The fourth-order valence-electron chi connectivity index (χ4n) is 3.87. The van der Waals surface area contributed by atoms with E-state index < -0.39 is 17.3 Å². The number of pyridine rings is 1. The van der Waals surface area contributed by atoms with Crippen LogP contribution in [0.4, 0.5) is 14.6 Å². The largest absolute Gasteiger partial charge is 0.494 e. The number of aryl methyl sites for hydroxylation is 1. The molecule has 2 heterocycles. The SMILES string of the molecule is Cc1ccc(OCCCC(C)(C)O)cc1-c1cc(NC(=O)c2nnc(Cc3ccccc3F)[nH]2)ncc1F. The third kappa shape index (κ3) is 6.98.